The van der Waals surface area contributed by atoms with Gasteiger partial charge in [-0.3, -0.25) is 9.59 Å². The second kappa shape index (κ2) is 10.3. The molecule has 0 heterocycles. The number of carbonyl (C=O) groups excluding carboxylic acids is 2. The summed E-state index contributed by atoms with van der Waals surface area (Å²) in [6.07, 6.45) is 6.61. The molecule has 0 radical (unpaired) electrons. The lowest BCUT2D eigenvalue weighted by molar-refractivity contribution is -0.120. The maximum absolute atomic E-state index is 12.0. The zero-order chi connectivity index (χ0) is 19.5. The molecule has 0 unspecified atom stereocenters. The molecule has 7 heteroatoms. The number of benzene rings is 2. The first-order chi connectivity index (χ1) is 13.1. The first-order valence-corrected chi connectivity index (χ1v) is 8.03. The Bertz CT molecular complexity index is 854. The second-order valence-electron chi connectivity index (χ2n) is 5.23. The van der Waals surface area contributed by atoms with E-state index in [1.165, 1.54) is 6.21 Å². The summed E-state index contributed by atoms with van der Waals surface area (Å²) in [5.41, 5.74) is 3.42. The average Bonchev–Trinajstić information content (AvgIpc) is 2.71. The molecule has 2 amide bonds. The van der Waals surface area contributed by atoms with Gasteiger partial charge in [0.1, 0.15) is 18.1 Å². The monoisotopic (exact) mass is 365 g/mol. The zero-order valence-corrected chi connectivity index (χ0v) is 14.8. The number of terminal acetylenes is 1. The van der Waals surface area contributed by atoms with Crippen LogP contribution in [0.5, 0.6) is 11.5 Å². The lowest BCUT2D eigenvalue weighted by Gasteiger charge is -2.06. The number of ether oxygens (including phenoxy) is 2. The first kappa shape index (κ1) is 19.5. The molecular formula is C20H19N3O4. The van der Waals surface area contributed by atoms with Gasteiger partial charge in [0.2, 0.25) is 0 Å². The number of hydrazone groups is 1. The highest BCUT2D eigenvalue weighted by molar-refractivity contribution is 5.96. The molecule has 2 aromatic carbocycles. The van der Waals surface area contributed by atoms with Crippen molar-refractivity contribution in [1.82, 2.24) is 10.7 Å². The van der Waals surface area contributed by atoms with Crippen molar-refractivity contribution in [3.05, 3.63) is 59.7 Å². The van der Waals surface area contributed by atoms with Crippen LogP contribution in [0.1, 0.15) is 15.9 Å². The van der Waals surface area contributed by atoms with Crippen LogP contribution in [0.15, 0.2) is 53.6 Å². The largest absolute Gasteiger partial charge is 0.497 e. The van der Waals surface area contributed by atoms with Gasteiger partial charge in [0.05, 0.1) is 19.9 Å². The van der Waals surface area contributed by atoms with E-state index in [9.17, 15) is 9.59 Å². The minimum atomic E-state index is -0.463. The summed E-state index contributed by atoms with van der Waals surface area (Å²) in [6, 6.07) is 13.7. The minimum Gasteiger partial charge on any atom is -0.497 e. The molecule has 2 aromatic rings. The molecule has 7 nitrogen and oxygen atoms in total. The predicted molar refractivity (Wildman–Crippen MR) is 102 cm³/mol. The molecule has 0 saturated heterocycles. The van der Waals surface area contributed by atoms with Gasteiger partial charge in [-0.1, -0.05) is 18.1 Å². The Hall–Kier alpha value is -3.79. The number of para-hydroxylation sites is 1. The number of nitrogens with zero attached hydrogens (tertiary/aromatic N) is 1. The molecule has 0 aliphatic heterocycles. The molecule has 0 atom stereocenters. The third-order valence-electron chi connectivity index (χ3n) is 3.38. The Morgan fingerprint density at radius 3 is 2.63 bits per heavy atom. The van der Waals surface area contributed by atoms with Crippen LogP contribution in [0.2, 0.25) is 0 Å². The van der Waals surface area contributed by atoms with E-state index < -0.39 is 5.91 Å². The van der Waals surface area contributed by atoms with Crippen molar-refractivity contribution in [3.63, 3.8) is 0 Å². The van der Waals surface area contributed by atoms with Gasteiger partial charge in [0.15, 0.2) is 0 Å². The quantitative estimate of drug-likeness (QED) is 0.422. The fourth-order valence-electron chi connectivity index (χ4n) is 2.06. The Morgan fingerprint density at radius 1 is 1.19 bits per heavy atom. The molecule has 0 aromatic heterocycles. The lowest BCUT2D eigenvalue weighted by atomic mass is 10.2. The van der Waals surface area contributed by atoms with Crippen molar-refractivity contribution in [2.45, 2.75) is 0 Å². The van der Waals surface area contributed by atoms with Crippen LogP contribution < -0.4 is 20.2 Å². The molecular weight excluding hydrogens is 346 g/mol. The summed E-state index contributed by atoms with van der Waals surface area (Å²) in [5.74, 6) is 2.75. The standard InChI is InChI=1S/C20H19N3O4/c1-3-12-27-18-7-5-4-6-16(18)13-22-23-19(24)14-21-20(25)15-8-10-17(26-2)11-9-15/h1,4-11,13H,12,14H2,2H3,(H,21,25)(H,23,24)/b22-13+. The van der Waals surface area contributed by atoms with E-state index in [1.54, 1.807) is 55.6 Å². The molecule has 27 heavy (non-hydrogen) atoms. The fourth-order valence-corrected chi connectivity index (χ4v) is 2.06. The topological polar surface area (TPSA) is 89.0 Å². The highest BCUT2D eigenvalue weighted by Crippen LogP contribution is 2.15. The molecule has 0 aliphatic carbocycles. The molecule has 0 saturated carbocycles. The summed E-state index contributed by atoms with van der Waals surface area (Å²) in [5, 5.41) is 6.37. The van der Waals surface area contributed by atoms with Crippen LogP contribution in [0.25, 0.3) is 0 Å². The van der Waals surface area contributed by atoms with Crippen LogP contribution in [-0.2, 0) is 4.79 Å². The van der Waals surface area contributed by atoms with E-state index in [0.29, 0.717) is 22.6 Å². The van der Waals surface area contributed by atoms with E-state index in [1.807, 2.05) is 0 Å². The summed E-state index contributed by atoms with van der Waals surface area (Å²) >= 11 is 0. The first-order valence-electron chi connectivity index (χ1n) is 8.03. The van der Waals surface area contributed by atoms with E-state index >= 15 is 0 Å². The van der Waals surface area contributed by atoms with Crippen molar-refractivity contribution < 1.29 is 19.1 Å². The maximum Gasteiger partial charge on any atom is 0.259 e. The number of hydrogen-bond donors (Lipinski definition) is 2. The number of rotatable bonds is 8. The van der Waals surface area contributed by atoms with Gasteiger partial charge in [-0.15, -0.1) is 6.42 Å². The maximum atomic E-state index is 12.0. The Balaban J connectivity index is 1.83. The third kappa shape index (κ3) is 6.21. The number of carbonyl (C=O) groups is 2. The van der Waals surface area contributed by atoms with Gasteiger partial charge < -0.3 is 14.8 Å². The van der Waals surface area contributed by atoms with Crippen molar-refractivity contribution >= 4 is 18.0 Å². The van der Waals surface area contributed by atoms with Crippen LogP contribution in [0.4, 0.5) is 0 Å². The van der Waals surface area contributed by atoms with Crippen molar-refractivity contribution in [2.24, 2.45) is 5.10 Å². The van der Waals surface area contributed by atoms with Crippen molar-refractivity contribution in [1.29, 1.82) is 0 Å². The average molecular weight is 365 g/mol. The van der Waals surface area contributed by atoms with E-state index in [4.69, 9.17) is 15.9 Å². The number of hydrogen-bond acceptors (Lipinski definition) is 5. The predicted octanol–water partition coefficient (Wildman–Crippen LogP) is 1.59. The van der Waals surface area contributed by atoms with E-state index in [-0.39, 0.29) is 19.1 Å². The van der Waals surface area contributed by atoms with Gasteiger partial charge in [-0.05, 0) is 36.4 Å². The molecule has 0 aliphatic rings. The highest BCUT2D eigenvalue weighted by Gasteiger charge is 2.08. The number of amides is 2. The Kier molecular flexibility index (Phi) is 7.42. The van der Waals surface area contributed by atoms with Gasteiger partial charge in [-0.25, -0.2) is 5.43 Å². The van der Waals surface area contributed by atoms with E-state index in [2.05, 4.69) is 21.8 Å². The molecule has 0 fully saturated rings. The molecule has 0 bridgehead atoms. The number of nitrogens with one attached hydrogen (secondary N) is 2. The van der Waals surface area contributed by atoms with Gasteiger partial charge >= 0.3 is 0 Å². The highest BCUT2D eigenvalue weighted by atomic mass is 16.5. The van der Waals surface area contributed by atoms with E-state index in [0.717, 1.165) is 0 Å². The molecule has 0 spiro atoms. The van der Waals surface area contributed by atoms with Crippen LogP contribution in [-0.4, -0.2) is 38.3 Å². The molecule has 2 N–H and O–H groups in total. The van der Waals surface area contributed by atoms with Crippen LogP contribution >= 0.6 is 0 Å². The summed E-state index contributed by atoms with van der Waals surface area (Å²) in [6.45, 7) is -0.0773. The Morgan fingerprint density at radius 2 is 1.93 bits per heavy atom. The molecule has 138 valence electrons. The summed E-state index contributed by atoms with van der Waals surface area (Å²) in [7, 11) is 1.54. The minimum absolute atomic E-state index is 0.134. The molecule has 2 rings (SSSR count). The second-order valence-corrected chi connectivity index (χ2v) is 5.23. The fraction of sp³-hybridized carbons (Fsp3) is 0.150. The normalized spacial score (nSPS) is 10.1. The SMILES string of the molecule is C#CCOc1ccccc1/C=N/NC(=O)CNC(=O)c1ccc(OC)cc1. The lowest BCUT2D eigenvalue weighted by Crippen LogP contribution is -2.34. The van der Waals surface area contributed by atoms with Crippen LogP contribution in [0.3, 0.4) is 0 Å². The number of methoxy groups -OCH3 is 1. The summed E-state index contributed by atoms with van der Waals surface area (Å²) in [4.78, 5) is 23.8. The van der Waals surface area contributed by atoms with Gasteiger partial charge in [-0.2, -0.15) is 5.10 Å². The zero-order valence-electron chi connectivity index (χ0n) is 14.8. The van der Waals surface area contributed by atoms with Crippen LogP contribution in [0, 0.1) is 12.3 Å². The third-order valence-corrected chi connectivity index (χ3v) is 3.38. The summed E-state index contributed by atoms with van der Waals surface area (Å²) < 4.78 is 10.4. The Labute approximate surface area is 157 Å². The smallest absolute Gasteiger partial charge is 0.259 e. The van der Waals surface area contributed by atoms with Gasteiger partial charge in [0.25, 0.3) is 11.8 Å². The van der Waals surface area contributed by atoms with Crippen molar-refractivity contribution in [3.8, 4) is 23.8 Å². The van der Waals surface area contributed by atoms with Crippen molar-refractivity contribution in [2.75, 3.05) is 20.3 Å². The van der Waals surface area contributed by atoms with Gasteiger partial charge in [0, 0.05) is 11.1 Å².